The number of benzene rings is 2. The number of nitriles is 1. The lowest BCUT2D eigenvalue weighted by atomic mass is 10.1. The van der Waals surface area contributed by atoms with E-state index in [0.29, 0.717) is 5.56 Å². The summed E-state index contributed by atoms with van der Waals surface area (Å²) < 4.78 is 12.9. The molecule has 22 heavy (non-hydrogen) atoms. The first-order valence-corrected chi connectivity index (χ1v) is 6.83. The summed E-state index contributed by atoms with van der Waals surface area (Å²) in [6.07, 6.45) is 1.44. The van der Waals surface area contributed by atoms with Crippen LogP contribution in [-0.4, -0.2) is 5.91 Å². The van der Waals surface area contributed by atoms with Gasteiger partial charge in [-0.05, 0) is 36.3 Å². The number of halogens is 1. The minimum Gasteiger partial charge on any atom is -0.345 e. The topological polar surface area (TPSA) is 52.9 Å². The molecule has 0 aromatic heterocycles. The third kappa shape index (κ3) is 4.03. The molecular formula is C18H15FN2O. The summed E-state index contributed by atoms with van der Waals surface area (Å²) in [6.45, 7) is 1.85. The zero-order valence-corrected chi connectivity index (χ0v) is 12.1. The highest BCUT2D eigenvalue weighted by Crippen LogP contribution is 2.13. The second kappa shape index (κ2) is 7.19. The highest BCUT2D eigenvalue weighted by Gasteiger charge is 2.13. The van der Waals surface area contributed by atoms with Gasteiger partial charge in [-0.25, -0.2) is 4.39 Å². The van der Waals surface area contributed by atoms with Crippen LogP contribution in [0.2, 0.25) is 0 Å². The van der Waals surface area contributed by atoms with E-state index < -0.39 is 5.91 Å². The molecule has 3 nitrogen and oxygen atoms in total. The molecule has 1 atom stereocenters. The highest BCUT2D eigenvalue weighted by atomic mass is 19.1. The normalized spacial score (nSPS) is 12.3. The van der Waals surface area contributed by atoms with Crippen molar-refractivity contribution in [1.29, 1.82) is 5.26 Å². The van der Waals surface area contributed by atoms with Gasteiger partial charge < -0.3 is 5.32 Å². The maximum atomic E-state index is 12.9. The molecule has 0 unspecified atom stereocenters. The van der Waals surface area contributed by atoms with E-state index in [-0.39, 0.29) is 17.4 Å². The fourth-order valence-corrected chi connectivity index (χ4v) is 1.97. The lowest BCUT2D eigenvalue weighted by molar-refractivity contribution is -0.117. The lowest BCUT2D eigenvalue weighted by Gasteiger charge is -2.13. The van der Waals surface area contributed by atoms with Gasteiger partial charge in [0, 0.05) is 0 Å². The van der Waals surface area contributed by atoms with Crippen molar-refractivity contribution >= 4 is 12.0 Å². The minimum absolute atomic E-state index is 0.0191. The van der Waals surface area contributed by atoms with Gasteiger partial charge in [0.15, 0.2) is 0 Å². The zero-order chi connectivity index (χ0) is 15.9. The molecule has 2 rings (SSSR count). The van der Waals surface area contributed by atoms with E-state index in [1.165, 1.54) is 30.3 Å². The van der Waals surface area contributed by atoms with Gasteiger partial charge in [-0.2, -0.15) is 5.26 Å². The van der Waals surface area contributed by atoms with Crippen LogP contribution in [0.15, 0.2) is 60.2 Å². The maximum Gasteiger partial charge on any atom is 0.262 e. The zero-order valence-electron chi connectivity index (χ0n) is 12.1. The number of amides is 1. The summed E-state index contributed by atoms with van der Waals surface area (Å²) in [5.74, 6) is -0.819. The second-order valence-corrected chi connectivity index (χ2v) is 4.83. The Labute approximate surface area is 128 Å². The Balaban J connectivity index is 2.12. The molecule has 0 bridgehead atoms. The number of nitrogens with zero attached hydrogens (tertiary/aromatic N) is 1. The Morgan fingerprint density at radius 2 is 1.82 bits per heavy atom. The Kier molecular flexibility index (Phi) is 5.05. The molecule has 0 saturated heterocycles. The Morgan fingerprint density at radius 1 is 1.18 bits per heavy atom. The van der Waals surface area contributed by atoms with Gasteiger partial charge in [-0.3, -0.25) is 4.79 Å². The number of carbonyl (C=O) groups is 1. The fraction of sp³-hybridized carbons (Fsp3) is 0.111. The van der Waals surface area contributed by atoms with E-state index >= 15 is 0 Å². The van der Waals surface area contributed by atoms with E-state index in [9.17, 15) is 9.18 Å². The Morgan fingerprint density at radius 3 is 2.41 bits per heavy atom. The third-order valence-corrected chi connectivity index (χ3v) is 3.19. The molecule has 0 spiro atoms. The standard InChI is InChI=1S/C18H15FN2O/c1-13(15-5-3-2-4-6-15)21-18(22)16(12-20)11-14-7-9-17(19)10-8-14/h2-11,13H,1H3,(H,21,22)/b16-11+/t13-/m1/s1. The molecule has 2 aromatic carbocycles. The van der Waals surface area contributed by atoms with E-state index in [1.807, 2.05) is 43.3 Å². The predicted molar refractivity (Wildman–Crippen MR) is 83.0 cm³/mol. The van der Waals surface area contributed by atoms with Gasteiger partial charge in [0.1, 0.15) is 17.5 Å². The van der Waals surface area contributed by atoms with Gasteiger partial charge in [0.05, 0.1) is 6.04 Å². The first kappa shape index (κ1) is 15.5. The molecule has 0 aliphatic heterocycles. The van der Waals surface area contributed by atoms with Crippen molar-refractivity contribution in [3.8, 4) is 6.07 Å². The summed E-state index contributed by atoms with van der Waals surface area (Å²) in [5, 5.41) is 11.9. The third-order valence-electron chi connectivity index (χ3n) is 3.19. The number of rotatable bonds is 4. The maximum absolute atomic E-state index is 12.9. The predicted octanol–water partition coefficient (Wildman–Crippen LogP) is 3.61. The van der Waals surface area contributed by atoms with E-state index in [0.717, 1.165) is 5.56 Å². The van der Waals surface area contributed by atoms with Crippen LogP contribution in [0.1, 0.15) is 24.1 Å². The van der Waals surface area contributed by atoms with Crippen LogP contribution in [0, 0.1) is 17.1 Å². The Hall–Kier alpha value is -2.93. The minimum atomic E-state index is -0.455. The fourth-order valence-electron chi connectivity index (χ4n) is 1.97. The van der Waals surface area contributed by atoms with E-state index in [4.69, 9.17) is 5.26 Å². The molecule has 1 amide bonds. The number of hydrogen-bond acceptors (Lipinski definition) is 2. The van der Waals surface area contributed by atoms with Crippen LogP contribution >= 0.6 is 0 Å². The van der Waals surface area contributed by atoms with E-state index in [2.05, 4.69) is 5.32 Å². The molecule has 0 radical (unpaired) electrons. The molecular weight excluding hydrogens is 279 g/mol. The molecule has 4 heteroatoms. The molecule has 1 N–H and O–H groups in total. The summed E-state index contributed by atoms with van der Waals surface area (Å²) in [4.78, 5) is 12.2. The highest BCUT2D eigenvalue weighted by molar-refractivity contribution is 6.01. The molecule has 0 heterocycles. The Bertz CT molecular complexity index is 715. The lowest BCUT2D eigenvalue weighted by Crippen LogP contribution is -2.27. The molecule has 0 aliphatic carbocycles. The summed E-state index contributed by atoms with van der Waals surface area (Å²) in [5.41, 5.74) is 1.53. The molecule has 0 saturated carbocycles. The van der Waals surface area contributed by atoms with Gasteiger partial charge in [-0.15, -0.1) is 0 Å². The van der Waals surface area contributed by atoms with Gasteiger partial charge in [0.25, 0.3) is 5.91 Å². The quantitative estimate of drug-likeness (QED) is 0.692. The summed E-state index contributed by atoms with van der Waals surface area (Å²) in [6, 6.07) is 16.7. The smallest absolute Gasteiger partial charge is 0.262 e. The van der Waals surface area contributed by atoms with Crippen LogP contribution in [0.3, 0.4) is 0 Å². The number of hydrogen-bond donors (Lipinski definition) is 1. The molecule has 110 valence electrons. The van der Waals surface area contributed by atoms with Crippen LogP contribution in [-0.2, 0) is 4.79 Å². The molecule has 0 fully saturated rings. The van der Waals surface area contributed by atoms with E-state index in [1.54, 1.807) is 0 Å². The summed E-state index contributed by atoms with van der Waals surface area (Å²) in [7, 11) is 0. The number of nitrogens with one attached hydrogen (secondary N) is 1. The van der Waals surface area contributed by atoms with Crippen molar-refractivity contribution < 1.29 is 9.18 Å². The van der Waals surface area contributed by atoms with Crippen LogP contribution < -0.4 is 5.32 Å². The van der Waals surface area contributed by atoms with Gasteiger partial charge >= 0.3 is 0 Å². The SMILES string of the molecule is C[C@@H](NC(=O)/C(C#N)=C/c1ccc(F)cc1)c1ccccc1. The first-order valence-electron chi connectivity index (χ1n) is 6.83. The van der Waals surface area contributed by atoms with Gasteiger partial charge in [-0.1, -0.05) is 42.5 Å². The number of carbonyl (C=O) groups excluding carboxylic acids is 1. The van der Waals surface area contributed by atoms with Crippen molar-refractivity contribution in [1.82, 2.24) is 5.32 Å². The van der Waals surface area contributed by atoms with Gasteiger partial charge in [0.2, 0.25) is 0 Å². The van der Waals surface area contributed by atoms with Crippen molar-refractivity contribution in [2.24, 2.45) is 0 Å². The van der Waals surface area contributed by atoms with Crippen LogP contribution in [0.4, 0.5) is 4.39 Å². The van der Waals surface area contributed by atoms with Crippen LogP contribution in [0.5, 0.6) is 0 Å². The van der Waals surface area contributed by atoms with Crippen molar-refractivity contribution in [2.45, 2.75) is 13.0 Å². The average molecular weight is 294 g/mol. The molecule has 2 aromatic rings. The average Bonchev–Trinajstić information content (AvgIpc) is 2.55. The van der Waals surface area contributed by atoms with Crippen molar-refractivity contribution in [2.75, 3.05) is 0 Å². The summed E-state index contributed by atoms with van der Waals surface area (Å²) >= 11 is 0. The monoisotopic (exact) mass is 294 g/mol. The van der Waals surface area contributed by atoms with Crippen LogP contribution in [0.25, 0.3) is 6.08 Å². The largest absolute Gasteiger partial charge is 0.345 e. The van der Waals surface area contributed by atoms with Crippen molar-refractivity contribution in [3.63, 3.8) is 0 Å². The second-order valence-electron chi connectivity index (χ2n) is 4.83. The first-order chi connectivity index (χ1) is 10.6. The molecule has 0 aliphatic rings. The van der Waals surface area contributed by atoms with Crippen molar-refractivity contribution in [3.05, 3.63) is 77.1 Å².